The van der Waals surface area contributed by atoms with Crippen molar-refractivity contribution >= 4 is 5.91 Å². The minimum absolute atomic E-state index is 0.0286. The van der Waals surface area contributed by atoms with E-state index >= 15 is 0 Å². The summed E-state index contributed by atoms with van der Waals surface area (Å²) in [4.78, 5) is 14.2. The van der Waals surface area contributed by atoms with E-state index in [0.717, 1.165) is 17.7 Å². The van der Waals surface area contributed by atoms with Gasteiger partial charge in [0.05, 0.1) is 30.6 Å². The number of benzene rings is 1. The van der Waals surface area contributed by atoms with Crippen LogP contribution in [0.1, 0.15) is 35.5 Å². The molecule has 0 radical (unpaired) electrons. The molecule has 0 spiro atoms. The van der Waals surface area contributed by atoms with E-state index in [4.69, 9.17) is 5.11 Å². The number of nitrogens with zero attached hydrogens (tertiary/aromatic N) is 3. The molecular formula is C17H23N3O2. The summed E-state index contributed by atoms with van der Waals surface area (Å²) in [5, 5.41) is 13.5. The van der Waals surface area contributed by atoms with Crippen molar-refractivity contribution in [1.82, 2.24) is 14.7 Å². The Kier molecular flexibility index (Phi) is 5.72. The fraction of sp³-hybridized carbons (Fsp3) is 0.412. The molecule has 1 aromatic heterocycles. The molecule has 1 aromatic carbocycles. The van der Waals surface area contributed by atoms with Gasteiger partial charge in [-0.2, -0.15) is 5.10 Å². The maximum absolute atomic E-state index is 12.6. The lowest BCUT2D eigenvalue weighted by Gasteiger charge is -2.19. The van der Waals surface area contributed by atoms with Crippen LogP contribution < -0.4 is 0 Å². The number of aromatic nitrogens is 2. The number of amides is 1. The lowest BCUT2D eigenvalue weighted by atomic mass is 10.1. The fourth-order valence-corrected chi connectivity index (χ4v) is 2.55. The molecule has 5 heteroatoms. The lowest BCUT2D eigenvalue weighted by Crippen LogP contribution is -2.33. The average molecular weight is 301 g/mol. The third kappa shape index (κ3) is 3.54. The zero-order chi connectivity index (χ0) is 15.9. The standard InChI is InChI=1S/C17H23N3O2/c1-3-16-15(17(22)19(4-2)10-11-21)12-18-20(16)13-14-8-6-5-7-9-14/h5-9,12,21H,3-4,10-11,13H2,1-2H3. The van der Waals surface area contributed by atoms with Gasteiger partial charge in [-0.05, 0) is 18.9 Å². The number of hydrogen-bond donors (Lipinski definition) is 1. The highest BCUT2D eigenvalue weighted by Gasteiger charge is 2.20. The van der Waals surface area contributed by atoms with E-state index in [1.54, 1.807) is 11.1 Å². The van der Waals surface area contributed by atoms with Crippen molar-refractivity contribution in [3.63, 3.8) is 0 Å². The number of carbonyl (C=O) groups is 1. The molecule has 22 heavy (non-hydrogen) atoms. The summed E-state index contributed by atoms with van der Waals surface area (Å²) in [6, 6.07) is 10.1. The Balaban J connectivity index is 2.25. The van der Waals surface area contributed by atoms with Crippen LogP contribution in [0, 0.1) is 0 Å². The first kappa shape index (κ1) is 16.2. The first-order chi connectivity index (χ1) is 10.7. The second-order valence-electron chi connectivity index (χ2n) is 5.11. The van der Waals surface area contributed by atoms with E-state index in [9.17, 15) is 4.79 Å². The van der Waals surface area contributed by atoms with E-state index in [-0.39, 0.29) is 12.5 Å². The Morgan fingerprint density at radius 1 is 1.27 bits per heavy atom. The molecule has 0 fully saturated rings. The minimum Gasteiger partial charge on any atom is -0.395 e. The smallest absolute Gasteiger partial charge is 0.257 e. The Bertz CT molecular complexity index is 608. The maximum atomic E-state index is 12.6. The number of likely N-dealkylation sites (N-methyl/N-ethyl adjacent to an activating group) is 1. The topological polar surface area (TPSA) is 58.4 Å². The highest BCUT2D eigenvalue weighted by molar-refractivity contribution is 5.95. The molecule has 118 valence electrons. The molecular weight excluding hydrogens is 278 g/mol. The van der Waals surface area contributed by atoms with Crippen molar-refractivity contribution in [2.24, 2.45) is 0 Å². The van der Waals surface area contributed by atoms with Gasteiger partial charge in [-0.25, -0.2) is 0 Å². The van der Waals surface area contributed by atoms with E-state index in [1.807, 2.05) is 48.9 Å². The average Bonchev–Trinajstić information content (AvgIpc) is 2.95. The molecule has 1 amide bonds. The lowest BCUT2D eigenvalue weighted by molar-refractivity contribution is 0.0730. The van der Waals surface area contributed by atoms with Gasteiger partial charge in [0.15, 0.2) is 0 Å². The molecule has 0 aliphatic heterocycles. The Morgan fingerprint density at radius 2 is 2.00 bits per heavy atom. The number of aliphatic hydroxyl groups excluding tert-OH is 1. The summed E-state index contributed by atoms with van der Waals surface area (Å²) >= 11 is 0. The van der Waals surface area contributed by atoms with E-state index < -0.39 is 0 Å². The van der Waals surface area contributed by atoms with E-state index in [0.29, 0.717) is 25.2 Å². The van der Waals surface area contributed by atoms with Gasteiger partial charge in [-0.1, -0.05) is 37.3 Å². The number of carbonyl (C=O) groups excluding carboxylic acids is 1. The van der Waals surface area contributed by atoms with Crippen molar-refractivity contribution in [3.05, 3.63) is 53.3 Å². The molecule has 0 aliphatic carbocycles. The Hall–Kier alpha value is -2.14. The van der Waals surface area contributed by atoms with Crippen LogP contribution in [0.3, 0.4) is 0 Å². The van der Waals surface area contributed by atoms with Crippen LogP contribution in [0.15, 0.2) is 36.5 Å². The molecule has 0 atom stereocenters. The zero-order valence-corrected chi connectivity index (χ0v) is 13.2. The highest BCUT2D eigenvalue weighted by Crippen LogP contribution is 2.14. The van der Waals surface area contributed by atoms with Crippen LogP contribution in [0.5, 0.6) is 0 Å². The van der Waals surface area contributed by atoms with Crippen molar-refractivity contribution in [1.29, 1.82) is 0 Å². The summed E-state index contributed by atoms with van der Waals surface area (Å²) in [5.74, 6) is -0.0623. The highest BCUT2D eigenvalue weighted by atomic mass is 16.3. The normalized spacial score (nSPS) is 10.7. The number of hydrogen-bond acceptors (Lipinski definition) is 3. The van der Waals surface area contributed by atoms with E-state index in [2.05, 4.69) is 5.10 Å². The second-order valence-corrected chi connectivity index (χ2v) is 5.11. The fourth-order valence-electron chi connectivity index (χ4n) is 2.55. The van der Waals surface area contributed by atoms with Crippen molar-refractivity contribution < 1.29 is 9.90 Å². The molecule has 1 N–H and O–H groups in total. The second kappa shape index (κ2) is 7.75. The minimum atomic E-state index is -0.0623. The monoisotopic (exact) mass is 301 g/mol. The van der Waals surface area contributed by atoms with Crippen LogP contribution in [0.2, 0.25) is 0 Å². The molecule has 0 aliphatic rings. The summed E-state index contributed by atoms with van der Waals surface area (Å²) in [7, 11) is 0. The predicted molar refractivity (Wildman–Crippen MR) is 85.8 cm³/mol. The zero-order valence-electron chi connectivity index (χ0n) is 13.2. The van der Waals surface area contributed by atoms with Crippen LogP contribution >= 0.6 is 0 Å². The third-order valence-electron chi connectivity index (χ3n) is 3.73. The SMILES string of the molecule is CCc1c(C(=O)N(CC)CCO)cnn1Cc1ccccc1. The quantitative estimate of drug-likeness (QED) is 0.850. The van der Waals surface area contributed by atoms with Gasteiger partial charge in [0.1, 0.15) is 0 Å². The van der Waals surface area contributed by atoms with Crippen molar-refractivity contribution in [2.75, 3.05) is 19.7 Å². The Morgan fingerprint density at radius 3 is 2.59 bits per heavy atom. The van der Waals surface area contributed by atoms with Gasteiger partial charge in [0.2, 0.25) is 0 Å². The van der Waals surface area contributed by atoms with Crippen LogP contribution in [-0.4, -0.2) is 45.4 Å². The molecule has 2 rings (SSSR count). The largest absolute Gasteiger partial charge is 0.395 e. The van der Waals surface area contributed by atoms with Crippen molar-refractivity contribution in [2.45, 2.75) is 26.8 Å². The summed E-state index contributed by atoms with van der Waals surface area (Å²) in [6.07, 6.45) is 2.38. The molecule has 0 unspecified atom stereocenters. The predicted octanol–water partition coefficient (Wildman–Crippen LogP) is 1.95. The number of rotatable bonds is 7. The first-order valence-corrected chi connectivity index (χ1v) is 7.70. The summed E-state index contributed by atoms with van der Waals surface area (Å²) < 4.78 is 1.88. The van der Waals surface area contributed by atoms with E-state index in [1.165, 1.54) is 0 Å². The molecule has 0 saturated heterocycles. The van der Waals surface area contributed by atoms with Gasteiger partial charge < -0.3 is 10.0 Å². The summed E-state index contributed by atoms with van der Waals surface area (Å²) in [5.41, 5.74) is 2.72. The van der Waals surface area contributed by atoms with Gasteiger partial charge in [0, 0.05) is 13.1 Å². The van der Waals surface area contributed by atoms with Gasteiger partial charge in [-0.3, -0.25) is 9.48 Å². The van der Waals surface area contributed by atoms with Crippen LogP contribution in [0.4, 0.5) is 0 Å². The Labute approximate surface area is 131 Å². The summed E-state index contributed by atoms with van der Waals surface area (Å²) in [6.45, 7) is 5.49. The molecule has 5 nitrogen and oxygen atoms in total. The van der Waals surface area contributed by atoms with Crippen LogP contribution in [0.25, 0.3) is 0 Å². The van der Waals surface area contributed by atoms with Gasteiger partial charge >= 0.3 is 0 Å². The maximum Gasteiger partial charge on any atom is 0.257 e. The third-order valence-corrected chi connectivity index (χ3v) is 3.73. The molecule has 0 bridgehead atoms. The van der Waals surface area contributed by atoms with Crippen LogP contribution in [-0.2, 0) is 13.0 Å². The van der Waals surface area contributed by atoms with Crippen molar-refractivity contribution in [3.8, 4) is 0 Å². The van der Waals surface area contributed by atoms with Gasteiger partial charge in [-0.15, -0.1) is 0 Å². The molecule has 2 aromatic rings. The first-order valence-electron chi connectivity index (χ1n) is 7.70. The van der Waals surface area contributed by atoms with Gasteiger partial charge in [0.25, 0.3) is 5.91 Å². The molecule has 0 saturated carbocycles. The molecule has 1 heterocycles. The number of aliphatic hydroxyl groups is 1.